The van der Waals surface area contributed by atoms with Crippen molar-refractivity contribution in [2.75, 3.05) is 19.6 Å². The lowest BCUT2D eigenvalue weighted by Crippen LogP contribution is -3.10. The van der Waals surface area contributed by atoms with E-state index in [1.165, 1.54) is 30.8 Å². The van der Waals surface area contributed by atoms with E-state index in [1.807, 2.05) is 6.92 Å². The molecule has 0 aliphatic carbocycles. The van der Waals surface area contributed by atoms with Gasteiger partial charge in [0.1, 0.15) is 0 Å². The summed E-state index contributed by atoms with van der Waals surface area (Å²) in [6.45, 7) is 5.26. The number of nitrogens with one attached hydrogen (secondary N) is 2. The van der Waals surface area contributed by atoms with Gasteiger partial charge < -0.3 is 4.90 Å². The van der Waals surface area contributed by atoms with Gasteiger partial charge in [-0.15, -0.1) is 0 Å². The van der Waals surface area contributed by atoms with Gasteiger partial charge in [-0.1, -0.05) is 0 Å². The van der Waals surface area contributed by atoms with Gasteiger partial charge in [-0.2, -0.15) is 0 Å². The monoisotopic (exact) mass is 172 g/mol. The molecule has 0 aromatic heterocycles. The molecule has 4 nitrogen and oxygen atoms in total. The molecule has 70 valence electrons. The fraction of sp³-hybridized carbons (Fsp3) is 0.875. The van der Waals surface area contributed by atoms with Crippen LogP contribution in [0.2, 0.25) is 0 Å². The molecule has 12 heavy (non-hydrogen) atoms. The standard InChI is InChI=1S/C8H17N3O/c1-7(8(12)10-9)6-11-4-2-3-5-11/h7H,2-6,9H2,1H3,(H,10,12)/p+1/t7-/m1/s1. The minimum absolute atomic E-state index is 0.0445. The third kappa shape index (κ3) is 2.46. The molecule has 1 aliphatic rings. The Morgan fingerprint density at radius 3 is 2.67 bits per heavy atom. The molecule has 4 heteroatoms. The van der Waals surface area contributed by atoms with Crippen molar-refractivity contribution in [1.29, 1.82) is 0 Å². The zero-order chi connectivity index (χ0) is 8.97. The highest BCUT2D eigenvalue weighted by molar-refractivity contribution is 5.77. The molecule has 0 unspecified atom stereocenters. The molecular weight excluding hydrogens is 154 g/mol. The molecule has 4 N–H and O–H groups in total. The molecule has 1 fully saturated rings. The highest BCUT2D eigenvalue weighted by Gasteiger charge is 2.21. The number of quaternary nitrogens is 1. The third-order valence-corrected chi connectivity index (χ3v) is 2.50. The summed E-state index contributed by atoms with van der Waals surface area (Å²) < 4.78 is 0. The van der Waals surface area contributed by atoms with E-state index in [0.29, 0.717) is 0 Å². The molecule has 0 aromatic rings. The number of hydrazine groups is 1. The number of likely N-dealkylation sites (tertiary alicyclic amines) is 1. The number of carbonyl (C=O) groups excluding carboxylic acids is 1. The Kier molecular flexibility index (Phi) is 3.49. The van der Waals surface area contributed by atoms with E-state index in [-0.39, 0.29) is 11.8 Å². The van der Waals surface area contributed by atoms with Gasteiger partial charge in [0.2, 0.25) is 5.91 Å². The van der Waals surface area contributed by atoms with E-state index in [9.17, 15) is 4.79 Å². The van der Waals surface area contributed by atoms with Crippen LogP contribution in [0.15, 0.2) is 0 Å². The molecule has 1 rings (SSSR count). The Labute approximate surface area is 73.1 Å². The minimum atomic E-state index is -0.0469. The summed E-state index contributed by atoms with van der Waals surface area (Å²) in [5.74, 6) is 5.04. The van der Waals surface area contributed by atoms with Crippen LogP contribution >= 0.6 is 0 Å². The van der Waals surface area contributed by atoms with Crippen LogP contribution < -0.4 is 16.2 Å². The second-order valence-electron chi connectivity index (χ2n) is 3.57. The van der Waals surface area contributed by atoms with E-state index in [0.717, 1.165) is 6.54 Å². The van der Waals surface area contributed by atoms with Crippen LogP contribution in [0, 0.1) is 5.92 Å². The van der Waals surface area contributed by atoms with Crippen LogP contribution in [0.3, 0.4) is 0 Å². The SMILES string of the molecule is C[C@H](C[NH+]1CCCC1)C(=O)NN. The number of hydrogen-bond acceptors (Lipinski definition) is 2. The highest BCUT2D eigenvalue weighted by atomic mass is 16.2. The van der Waals surface area contributed by atoms with E-state index < -0.39 is 0 Å². The van der Waals surface area contributed by atoms with Gasteiger partial charge in [-0.25, -0.2) is 5.84 Å². The first-order chi connectivity index (χ1) is 5.74. The Bertz CT molecular complexity index is 154. The van der Waals surface area contributed by atoms with Gasteiger partial charge in [0.25, 0.3) is 0 Å². The molecule has 0 saturated carbocycles. The first kappa shape index (κ1) is 9.48. The van der Waals surface area contributed by atoms with Gasteiger partial charge in [0.15, 0.2) is 0 Å². The Hall–Kier alpha value is -0.610. The molecule has 1 aliphatic heterocycles. The normalized spacial score (nSPS) is 20.8. The van der Waals surface area contributed by atoms with Crippen LogP contribution in [0.1, 0.15) is 19.8 Å². The first-order valence-corrected chi connectivity index (χ1v) is 4.58. The predicted octanol–water partition coefficient (Wildman–Crippen LogP) is -1.71. The van der Waals surface area contributed by atoms with Crippen molar-refractivity contribution in [3.8, 4) is 0 Å². The number of hydrogen-bond donors (Lipinski definition) is 3. The number of nitrogens with two attached hydrogens (primary N) is 1. The zero-order valence-electron chi connectivity index (χ0n) is 7.60. The van der Waals surface area contributed by atoms with Crippen LogP contribution in [0.4, 0.5) is 0 Å². The molecule has 1 atom stereocenters. The maximum Gasteiger partial charge on any atom is 0.242 e. The lowest BCUT2D eigenvalue weighted by Gasteiger charge is -2.15. The van der Waals surface area contributed by atoms with Crippen LogP contribution in [0.5, 0.6) is 0 Å². The van der Waals surface area contributed by atoms with E-state index in [4.69, 9.17) is 5.84 Å². The van der Waals surface area contributed by atoms with Gasteiger partial charge in [-0.3, -0.25) is 10.2 Å². The van der Waals surface area contributed by atoms with E-state index in [2.05, 4.69) is 5.43 Å². The molecule has 0 aromatic carbocycles. The second-order valence-corrected chi connectivity index (χ2v) is 3.57. The Morgan fingerprint density at radius 2 is 2.17 bits per heavy atom. The predicted molar refractivity (Wildman–Crippen MR) is 46.3 cm³/mol. The van der Waals surface area contributed by atoms with Crippen LogP contribution in [-0.2, 0) is 4.79 Å². The lowest BCUT2D eigenvalue weighted by atomic mass is 10.1. The molecule has 1 amide bonds. The summed E-state index contributed by atoms with van der Waals surface area (Å²) in [6, 6.07) is 0. The minimum Gasteiger partial charge on any atom is -0.334 e. The van der Waals surface area contributed by atoms with Crippen molar-refractivity contribution >= 4 is 5.91 Å². The topological polar surface area (TPSA) is 59.6 Å². The summed E-state index contributed by atoms with van der Waals surface area (Å²) in [6.07, 6.45) is 2.60. The fourth-order valence-corrected chi connectivity index (χ4v) is 1.75. The lowest BCUT2D eigenvalue weighted by molar-refractivity contribution is -0.889. The average molecular weight is 172 g/mol. The maximum absolute atomic E-state index is 11.1. The maximum atomic E-state index is 11.1. The summed E-state index contributed by atoms with van der Waals surface area (Å²) in [7, 11) is 0. The van der Waals surface area contributed by atoms with Gasteiger partial charge in [-0.05, 0) is 6.92 Å². The highest BCUT2D eigenvalue weighted by Crippen LogP contribution is 1.93. The van der Waals surface area contributed by atoms with Crippen molar-refractivity contribution in [2.24, 2.45) is 11.8 Å². The van der Waals surface area contributed by atoms with E-state index >= 15 is 0 Å². The van der Waals surface area contributed by atoms with E-state index in [1.54, 1.807) is 0 Å². The second kappa shape index (κ2) is 4.42. The molecule has 1 heterocycles. The Balaban J connectivity index is 2.24. The largest absolute Gasteiger partial charge is 0.334 e. The fourth-order valence-electron chi connectivity index (χ4n) is 1.75. The third-order valence-electron chi connectivity index (χ3n) is 2.50. The van der Waals surface area contributed by atoms with Crippen LogP contribution in [0.25, 0.3) is 0 Å². The Morgan fingerprint density at radius 1 is 1.58 bits per heavy atom. The van der Waals surface area contributed by atoms with Crippen molar-refractivity contribution < 1.29 is 9.69 Å². The average Bonchev–Trinajstić information content (AvgIpc) is 2.55. The van der Waals surface area contributed by atoms with Gasteiger partial charge >= 0.3 is 0 Å². The van der Waals surface area contributed by atoms with Crippen molar-refractivity contribution in [1.82, 2.24) is 5.43 Å². The molecular formula is C8H18N3O+. The molecule has 0 radical (unpaired) electrons. The summed E-state index contributed by atoms with van der Waals surface area (Å²) >= 11 is 0. The van der Waals surface area contributed by atoms with Crippen molar-refractivity contribution in [3.05, 3.63) is 0 Å². The van der Waals surface area contributed by atoms with Gasteiger partial charge in [0.05, 0.1) is 25.6 Å². The summed E-state index contributed by atoms with van der Waals surface area (Å²) in [5.41, 5.74) is 2.19. The number of amides is 1. The molecule has 1 saturated heterocycles. The summed E-state index contributed by atoms with van der Waals surface area (Å²) in [4.78, 5) is 12.6. The molecule has 0 bridgehead atoms. The zero-order valence-corrected chi connectivity index (χ0v) is 7.60. The first-order valence-electron chi connectivity index (χ1n) is 4.58. The van der Waals surface area contributed by atoms with Gasteiger partial charge in [0, 0.05) is 12.8 Å². The number of carbonyl (C=O) groups is 1. The smallest absolute Gasteiger partial charge is 0.242 e. The summed E-state index contributed by atoms with van der Waals surface area (Å²) in [5, 5.41) is 0. The van der Waals surface area contributed by atoms with Crippen molar-refractivity contribution in [3.63, 3.8) is 0 Å². The quantitative estimate of drug-likeness (QED) is 0.270. The van der Waals surface area contributed by atoms with Crippen LogP contribution in [-0.4, -0.2) is 25.5 Å². The number of rotatable bonds is 3. The van der Waals surface area contributed by atoms with Crippen molar-refractivity contribution in [2.45, 2.75) is 19.8 Å². The molecule has 0 spiro atoms.